The van der Waals surface area contributed by atoms with Crippen LogP contribution in [-0.4, -0.2) is 27.5 Å². The summed E-state index contributed by atoms with van der Waals surface area (Å²) < 4.78 is 33.1. The maximum absolute atomic E-state index is 13.8. The van der Waals surface area contributed by atoms with Crippen molar-refractivity contribution in [3.63, 3.8) is 0 Å². The van der Waals surface area contributed by atoms with Gasteiger partial charge in [-0.1, -0.05) is 20.3 Å². The molecule has 2 rings (SSSR count). The minimum absolute atomic E-state index is 0.102. The van der Waals surface area contributed by atoms with Gasteiger partial charge in [-0.05, 0) is 13.0 Å². The zero-order valence-corrected chi connectivity index (χ0v) is 12.4. The van der Waals surface area contributed by atoms with Gasteiger partial charge in [-0.2, -0.15) is 0 Å². The number of hydrogen-bond donors (Lipinski definition) is 0. The molecule has 4 nitrogen and oxygen atoms in total. The van der Waals surface area contributed by atoms with Crippen LogP contribution in [-0.2, 0) is 0 Å². The Morgan fingerprint density at radius 3 is 2.71 bits per heavy atom. The number of ether oxygens (including phenoxy) is 1. The Morgan fingerprint density at radius 1 is 1.29 bits per heavy atom. The van der Waals surface area contributed by atoms with Crippen LogP contribution in [0.25, 0.3) is 11.0 Å². The molecule has 0 aromatic carbocycles. The molecule has 0 saturated heterocycles. The summed E-state index contributed by atoms with van der Waals surface area (Å²) in [4.78, 5) is 12.6. The van der Waals surface area contributed by atoms with Gasteiger partial charge in [0.15, 0.2) is 5.52 Å². The highest BCUT2D eigenvalue weighted by atomic mass is 19.3. The van der Waals surface area contributed by atoms with Crippen molar-refractivity contribution in [1.29, 1.82) is 0 Å². The molecule has 1 atom stereocenters. The maximum Gasteiger partial charge on any atom is 0.253 e. The number of alkyl halides is 2. The van der Waals surface area contributed by atoms with Gasteiger partial charge in [-0.3, -0.25) is 4.98 Å². The van der Waals surface area contributed by atoms with Gasteiger partial charge in [-0.15, -0.1) is 0 Å². The van der Waals surface area contributed by atoms with E-state index < -0.39 is 11.8 Å². The molecule has 0 bridgehead atoms. The van der Waals surface area contributed by atoms with Crippen LogP contribution < -0.4 is 4.74 Å². The number of fused-ring (bicyclic) bond motifs is 1. The van der Waals surface area contributed by atoms with Crippen molar-refractivity contribution in [3.05, 3.63) is 24.2 Å². The molecule has 2 aromatic heterocycles. The van der Waals surface area contributed by atoms with Gasteiger partial charge in [0.05, 0.1) is 18.0 Å². The van der Waals surface area contributed by atoms with Gasteiger partial charge in [0.25, 0.3) is 5.92 Å². The number of aromatic nitrogens is 3. The van der Waals surface area contributed by atoms with Crippen molar-refractivity contribution in [1.82, 2.24) is 15.0 Å². The Bertz CT molecular complexity index is 619. The lowest BCUT2D eigenvalue weighted by atomic mass is 10.0. The molecule has 6 heteroatoms. The van der Waals surface area contributed by atoms with Gasteiger partial charge in [0.1, 0.15) is 0 Å². The summed E-state index contributed by atoms with van der Waals surface area (Å²) in [5.74, 6) is -3.36. The summed E-state index contributed by atoms with van der Waals surface area (Å²) in [6, 6.07) is 1.78. The maximum atomic E-state index is 13.8. The number of nitrogens with zero attached hydrogens (tertiary/aromatic N) is 3. The van der Waals surface area contributed by atoms with Gasteiger partial charge in [0, 0.05) is 24.5 Å². The van der Waals surface area contributed by atoms with E-state index in [9.17, 15) is 8.78 Å². The molecule has 21 heavy (non-hydrogen) atoms. The minimum atomic E-state index is -2.74. The smallest absolute Gasteiger partial charge is 0.253 e. The summed E-state index contributed by atoms with van der Waals surface area (Å²) >= 11 is 0. The van der Waals surface area contributed by atoms with Crippen LogP contribution >= 0.6 is 0 Å². The summed E-state index contributed by atoms with van der Waals surface area (Å²) in [6.45, 7) is 4.93. The van der Waals surface area contributed by atoms with Crippen LogP contribution in [0.5, 0.6) is 5.88 Å². The zero-order valence-electron chi connectivity index (χ0n) is 12.4. The number of aryl methyl sites for hydroxylation is 1. The number of rotatable bonds is 6. The SMILES string of the molecule is CCCC(F)(F)C(C)COc1nc(C)cc2nccnc12. The van der Waals surface area contributed by atoms with Crippen LogP contribution in [0.3, 0.4) is 0 Å². The first-order chi connectivity index (χ1) is 9.94. The fourth-order valence-electron chi connectivity index (χ4n) is 2.07. The lowest BCUT2D eigenvalue weighted by molar-refractivity contribution is -0.0723. The molecule has 0 fully saturated rings. The van der Waals surface area contributed by atoms with Crippen LogP contribution in [0.4, 0.5) is 8.78 Å². The first-order valence-electron chi connectivity index (χ1n) is 7.03. The molecule has 2 heterocycles. The van der Waals surface area contributed by atoms with Crippen molar-refractivity contribution in [2.75, 3.05) is 6.61 Å². The highest BCUT2D eigenvalue weighted by molar-refractivity contribution is 5.79. The average molecular weight is 295 g/mol. The van der Waals surface area contributed by atoms with Crippen molar-refractivity contribution in [2.45, 2.75) is 39.5 Å². The Labute approximate surface area is 122 Å². The second-order valence-corrected chi connectivity index (χ2v) is 5.22. The molecule has 0 spiro atoms. The van der Waals surface area contributed by atoms with E-state index in [4.69, 9.17) is 4.74 Å². The first kappa shape index (κ1) is 15.5. The van der Waals surface area contributed by atoms with E-state index in [2.05, 4.69) is 15.0 Å². The van der Waals surface area contributed by atoms with Crippen LogP contribution in [0.15, 0.2) is 18.5 Å². The molecule has 0 amide bonds. The molecule has 0 aliphatic carbocycles. The van der Waals surface area contributed by atoms with E-state index in [0.717, 1.165) is 0 Å². The monoisotopic (exact) mass is 295 g/mol. The van der Waals surface area contributed by atoms with Crippen molar-refractivity contribution in [2.24, 2.45) is 5.92 Å². The second kappa shape index (κ2) is 6.28. The highest BCUT2D eigenvalue weighted by Crippen LogP contribution is 2.30. The number of pyridine rings is 1. The molecule has 2 aromatic rings. The number of halogens is 2. The third kappa shape index (κ3) is 3.62. The van der Waals surface area contributed by atoms with Crippen molar-refractivity contribution >= 4 is 11.0 Å². The van der Waals surface area contributed by atoms with Gasteiger partial charge >= 0.3 is 0 Å². The Kier molecular flexibility index (Phi) is 4.65. The molecule has 0 radical (unpaired) electrons. The minimum Gasteiger partial charge on any atom is -0.476 e. The van der Waals surface area contributed by atoms with Gasteiger partial charge in [-0.25, -0.2) is 18.7 Å². The third-order valence-electron chi connectivity index (χ3n) is 3.33. The topological polar surface area (TPSA) is 47.9 Å². The normalized spacial score (nSPS) is 13.4. The quantitative estimate of drug-likeness (QED) is 0.813. The van der Waals surface area contributed by atoms with E-state index in [1.165, 1.54) is 13.1 Å². The Hall–Kier alpha value is -1.85. The third-order valence-corrected chi connectivity index (χ3v) is 3.33. The summed E-state index contributed by atoms with van der Waals surface area (Å²) in [7, 11) is 0. The predicted molar refractivity (Wildman–Crippen MR) is 76.6 cm³/mol. The van der Waals surface area contributed by atoms with Gasteiger partial charge < -0.3 is 4.74 Å². The summed E-state index contributed by atoms with van der Waals surface area (Å²) in [5.41, 5.74) is 1.85. The van der Waals surface area contributed by atoms with Crippen molar-refractivity contribution in [3.8, 4) is 5.88 Å². The number of hydrogen-bond acceptors (Lipinski definition) is 4. The molecule has 114 valence electrons. The second-order valence-electron chi connectivity index (χ2n) is 5.22. The molecule has 0 saturated carbocycles. The lowest BCUT2D eigenvalue weighted by Gasteiger charge is -2.23. The first-order valence-corrected chi connectivity index (χ1v) is 7.03. The highest BCUT2D eigenvalue weighted by Gasteiger charge is 2.35. The molecule has 0 aliphatic rings. The zero-order chi connectivity index (χ0) is 15.5. The van der Waals surface area contributed by atoms with Crippen LogP contribution in [0.2, 0.25) is 0 Å². The van der Waals surface area contributed by atoms with E-state index >= 15 is 0 Å². The Morgan fingerprint density at radius 2 is 2.00 bits per heavy atom. The van der Waals surface area contributed by atoms with Crippen molar-refractivity contribution < 1.29 is 13.5 Å². The van der Waals surface area contributed by atoms with E-state index in [1.807, 2.05) is 0 Å². The summed E-state index contributed by atoms with van der Waals surface area (Å²) in [6.07, 6.45) is 3.40. The molecule has 0 aliphatic heterocycles. The molecular formula is C15H19F2N3O. The predicted octanol–water partition coefficient (Wildman–Crippen LogP) is 3.78. The fraction of sp³-hybridized carbons (Fsp3) is 0.533. The summed E-state index contributed by atoms with van der Waals surface area (Å²) in [5, 5.41) is 0. The molecular weight excluding hydrogens is 276 g/mol. The molecule has 0 N–H and O–H groups in total. The lowest BCUT2D eigenvalue weighted by Crippen LogP contribution is -2.30. The van der Waals surface area contributed by atoms with Crippen LogP contribution in [0.1, 0.15) is 32.4 Å². The Balaban J connectivity index is 2.17. The largest absolute Gasteiger partial charge is 0.476 e. The van der Waals surface area contributed by atoms with Gasteiger partial charge in [0.2, 0.25) is 5.88 Å². The average Bonchev–Trinajstić information content (AvgIpc) is 2.44. The van der Waals surface area contributed by atoms with Crippen LogP contribution in [0, 0.1) is 12.8 Å². The van der Waals surface area contributed by atoms with E-state index in [0.29, 0.717) is 23.1 Å². The molecule has 1 unspecified atom stereocenters. The standard InChI is InChI=1S/C15H19F2N3O/c1-4-5-15(16,17)10(2)9-21-14-13-12(8-11(3)20-14)18-6-7-19-13/h6-8,10H,4-5,9H2,1-3H3. The van der Waals surface area contributed by atoms with E-state index in [1.54, 1.807) is 26.1 Å². The van der Waals surface area contributed by atoms with E-state index in [-0.39, 0.29) is 18.9 Å². The fourth-order valence-corrected chi connectivity index (χ4v) is 2.07.